The summed E-state index contributed by atoms with van der Waals surface area (Å²) in [5, 5.41) is 0. The third-order valence-corrected chi connectivity index (χ3v) is 5.91. The molecule has 0 aliphatic carbocycles. The van der Waals surface area contributed by atoms with E-state index in [0.29, 0.717) is 11.9 Å². The molecule has 2 aliphatic heterocycles. The molecule has 2 aliphatic rings. The summed E-state index contributed by atoms with van der Waals surface area (Å²) in [7, 11) is 3.71. The molecule has 1 atom stereocenters. The summed E-state index contributed by atoms with van der Waals surface area (Å²) in [6, 6.07) is 8.87. The summed E-state index contributed by atoms with van der Waals surface area (Å²) >= 11 is 0. The van der Waals surface area contributed by atoms with Gasteiger partial charge in [-0.1, -0.05) is 12.1 Å². The number of amides is 1. The van der Waals surface area contributed by atoms with Gasteiger partial charge in [-0.3, -0.25) is 4.79 Å². The highest BCUT2D eigenvalue weighted by Gasteiger charge is 2.45. The van der Waals surface area contributed by atoms with Crippen molar-refractivity contribution < 1.29 is 9.53 Å². The van der Waals surface area contributed by atoms with Gasteiger partial charge in [0.1, 0.15) is 5.75 Å². The molecule has 1 amide bonds. The Bertz CT molecular complexity index is 564. The van der Waals surface area contributed by atoms with Gasteiger partial charge in [-0.25, -0.2) is 0 Å². The lowest BCUT2D eigenvalue weighted by atomic mass is 9.84. The molecule has 1 aromatic carbocycles. The standard InChI is InChI=1S/C19H28N2O2/c1-15(13-16-5-4-6-17(14-16)23-3)21-11-9-19(10-12-21)8-7-18(22)20(19)2/h4-6,14-15H,7-13H2,1-3H3. The van der Waals surface area contributed by atoms with Crippen molar-refractivity contribution in [3.8, 4) is 5.75 Å². The maximum Gasteiger partial charge on any atom is 0.222 e. The Balaban J connectivity index is 1.58. The largest absolute Gasteiger partial charge is 0.497 e. The highest BCUT2D eigenvalue weighted by atomic mass is 16.5. The van der Waals surface area contributed by atoms with Crippen LogP contribution in [0.15, 0.2) is 24.3 Å². The molecule has 0 bridgehead atoms. The van der Waals surface area contributed by atoms with Crippen LogP contribution in [0, 0.1) is 0 Å². The first-order chi connectivity index (χ1) is 11.0. The summed E-state index contributed by atoms with van der Waals surface area (Å²) < 4.78 is 5.32. The fourth-order valence-electron chi connectivity index (χ4n) is 4.18. The second kappa shape index (κ2) is 6.52. The number of carbonyl (C=O) groups excluding carboxylic acids is 1. The Kier molecular flexibility index (Phi) is 4.62. The van der Waals surface area contributed by atoms with Crippen LogP contribution in [0.1, 0.15) is 38.2 Å². The van der Waals surface area contributed by atoms with Crippen LogP contribution in [0.5, 0.6) is 5.75 Å². The normalized spacial score (nSPS) is 22.6. The highest BCUT2D eigenvalue weighted by Crippen LogP contribution is 2.38. The van der Waals surface area contributed by atoms with E-state index in [0.717, 1.165) is 50.9 Å². The van der Waals surface area contributed by atoms with Crippen LogP contribution < -0.4 is 4.74 Å². The first-order valence-corrected chi connectivity index (χ1v) is 8.68. The average molecular weight is 316 g/mol. The van der Waals surface area contributed by atoms with E-state index >= 15 is 0 Å². The fraction of sp³-hybridized carbons (Fsp3) is 0.632. The van der Waals surface area contributed by atoms with Gasteiger partial charge in [-0.05, 0) is 50.3 Å². The van der Waals surface area contributed by atoms with Crippen LogP contribution in [0.25, 0.3) is 0 Å². The van der Waals surface area contributed by atoms with Crippen molar-refractivity contribution >= 4 is 5.91 Å². The molecule has 1 unspecified atom stereocenters. The van der Waals surface area contributed by atoms with Crippen molar-refractivity contribution in [2.24, 2.45) is 0 Å². The third kappa shape index (κ3) is 3.23. The summed E-state index contributed by atoms with van der Waals surface area (Å²) in [5.74, 6) is 1.25. The first kappa shape index (κ1) is 16.3. The van der Waals surface area contributed by atoms with Crippen LogP contribution in [0.2, 0.25) is 0 Å². The molecule has 126 valence electrons. The Hall–Kier alpha value is -1.55. The number of likely N-dealkylation sites (tertiary alicyclic amines) is 2. The number of ether oxygens (including phenoxy) is 1. The molecule has 0 N–H and O–H groups in total. The zero-order valence-electron chi connectivity index (χ0n) is 14.5. The molecule has 2 heterocycles. The third-order valence-electron chi connectivity index (χ3n) is 5.91. The lowest BCUT2D eigenvalue weighted by Gasteiger charge is -2.45. The predicted octanol–water partition coefficient (Wildman–Crippen LogP) is 2.71. The molecule has 1 aromatic rings. The lowest BCUT2D eigenvalue weighted by molar-refractivity contribution is -0.130. The number of piperidine rings is 1. The second-order valence-corrected chi connectivity index (χ2v) is 7.12. The Morgan fingerprint density at radius 2 is 2.00 bits per heavy atom. The van der Waals surface area contributed by atoms with Crippen molar-refractivity contribution in [2.75, 3.05) is 27.2 Å². The average Bonchev–Trinajstić information content (AvgIpc) is 2.84. The van der Waals surface area contributed by atoms with Gasteiger partial charge in [0.05, 0.1) is 7.11 Å². The minimum absolute atomic E-state index is 0.142. The number of carbonyl (C=O) groups is 1. The van der Waals surface area contributed by atoms with Gasteiger partial charge in [0.25, 0.3) is 0 Å². The monoisotopic (exact) mass is 316 g/mol. The van der Waals surface area contributed by atoms with E-state index in [2.05, 4.69) is 30.0 Å². The summed E-state index contributed by atoms with van der Waals surface area (Å²) in [6.07, 6.45) is 5.03. The number of methoxy groups -OCH3 is 1. The number of nitrogens with zero attached hydrogens (tertiary/aromatic N) is 2. The van der Waals surface area contributed by atoms with E-state index < -0.39 is 0 Å². The quantitative estimate of drug-likeness (QED) is 0.856. The molecular formula is C19H28N2O2. The van der Waals surface area contributed by atoms with Crippen LogP contribution >= 0.6 is 0 Å². The molecule has 1 spiro atoms. The van der Waals surface area contributed by atoms with Crippen molar-refractivity contribution in [2.45, 2.75) is 50.6 Å². The zero-order chi connectivity index (χ0) is 16.4. The van der Waals surface area contributed by atoms with E-state index in [9.17, 15) is 4.79 Å². The fourth-order valence-corrected chi connectivity index (χ4v) is 4.18. The van der Waals surface area contributed by atoms with Crippen molar-refractivity contribution in [1.82, 2.24) is 9.80 Å². The topological polar surface area (TPSA) is 32.8 Å². The molecule has 0 saturated carbocycles. The van der Waals surface area contributed by atoms with Crippen LogP contribution in [-0.4, -0.2) is 54.5 Å². The number of hydrogen-bond acceptors (Lipinski definition) is 3. The maximum atomic E-state index is 11.9. The van der Waals surface area contributed by atoms with Crippen LogP contribution in [-0.2, 0) is 11.2 Å². The molecular weight excluding hydrogens is 288 g/mol. The SMILES string of the molecule is COc1cccc(CC(C)N2CCC3(CCC(=O)N3C)CC2)c1. The predicted molar refractivity (Wildman–Crippen MR) is 91.7 cm³/mol. The van der Waals surface area contributed by atoms with E-state index in [1.165, 1.54) is 5.56 Å². The van der Waals surface area contributed by atoms with Crippen LogP contribution in [0.3, 0.4) is 0 Å². The summed E-state index contributed by atoms with van der Waals surface area (Å²) in [6.45, 7) is 4.48. The molecule has 2 fully saturated rings. The van der Waals surface area contributed by atoms with Gasteiger partial charge < -0.3 is 14.5 Å². The molecule has 23 heavy (non-hydrogen) atoms. The van der Waals surface area contributed by atoms with Crippen molar-refractivity contribution in [3.63, 3.8) is 0 Å². The smallest absolute Gasteiger partial charge is 0.222 e. The Morgan fingerprint density at radius 1 is 1.26 bits per heavy atom. The minimum atomic E-state index is 0.142. The number of hydrogen-bond donors (Lipinski definition) is 0. The van der Waals surface area contributed by atoms with Gasteiger partial charge in [0.2, 0.25) is 5.91 Å². The van der Waals surface area contributed by atoms with Gasteiger partial charge in [-0.2, -0.15) is 0 Å². The zero-order valence-corrected chi connectivity index (χ0v) is 14.5. The maximum absolute atomic E-state index is 11.9. The molecule has 4 heteroatoms. The van der Waals surface area contributed by atoms with E-state index in [-0.39, 0.29) is 5.54 Å². The van der Waals surface area contributed by atoms with Crippen molar-refractivity contribution in [3.05, 3.63) is 29.8 Å². The number of benzene rings is 1. The second-order valence-electron chi connectivity index (χ2n) is 7.12. The summed E-state index contributed by atoms with van der Waals surface area (Å²) in [5.41, 5.74) is 1.47. The van der Waals surface area contributed by atoms with Gasteiger partial charge >= 0.3 is 0 Å². The Morgan fingerprint density at radius 3 is 2.61 bits per heavy atom. The van der Waals surface area contributed by atoms with E-state index in [1.807, 2.05) is 18.0 Å². The number of rotatable bonds is 4. The van der Waals surface area contributed by atoms with Gasteiger partial charge in [0.15, 0.2) is 0 Å². The van der Waals surface area contributed by atoms with Gasteiger partial charge in [-0.15, -0.1) is 0 Å². The molecule has 0 aromatic heterocycles. The lowest BCUT2D eigenvalue weighted by Crippen LogP contribution is -2.53. The minimum Gasteiger partial charge on any atom is -0.497 e. The molecule has 0 radical (unpaired) electrons. The molecule has 3 rings (SSSR count). The molecule has 4 nitrogen and oxygen atoms in total. The first-order valence-electron chi connectivity index (χ1n) is 8.68. The molecule has 2 saturated heterocycles. The van der Waals surface area contributed by atoms with Crippen LogP contribution in [0.4, 0.5) is 0 Å². The Labute approximate surface area is 139 Å². The van der Waals surface area contributed by atoms with E-state index in [4.69, 9.17) is 4.74 Å². The van der Waals surface area contributed by atoms with Gasteiger partial charge in [0, 0.05) is 38.1 Å². The summed E-state index contributed by atoms with van der Waals surface area (Å²) in [4.78, 5) is 16.5. The highest BCUT2D eigenvalue weighted by molar-refractivity contribution is 5.79. The van der Waals surface area contributed by atoms with Crippen molar-refractivity contribution in [1.29, 1.82) is 0 Å². The van der Waals surface area contributed by atoms with E-state index in [1.54, 1.807) is 7.11 Å².